The first-order chi connectivity index (χ1) is 18.2. The average molecular weight is 578 g/mol. The van der Waals surface area contributed by atoms with Crippen molar-refractivity contribution in [2.75, 3.05) is 23.9 Å². The zero-order valence-electron chi connectivity index (χ0n) is 20.8. The van der Waals surface area contributed by atoms with Gasteiger partial charge in [-0.3, -0.25) is 19.7 Å². The first-order valence-electron chi connectivity index (χ1n) is 11.5. The van der Waals surface area contributed by atoms with Crippen LogP contribution in [-0.4, -0.2) is 37.5 Å². The van der Waals surface area contributed by atoms with Crippen molar-refractivity contribution in [3.8, 4) is 11.5 Å². The molecule has 0 aromatic heterocycles. The van der Waals surface area contributed by atoms with Crippen LogP contribution in [0.5, 0.6) is 11.5 Å². The van der Waals surface area contributed by atoms with E-state index in [1.165, 1.54) is 13.2 Å². The molecule has 1 saturated heterocycles. The first kappa shape index (κ1) is 26.6. The SMILES string of the molecule is COc1cc(/C=C2\C(=O)NC(=O)N(c3ccc(C)cc3)C2=O)c(Br)cc1OCC(=O)Nc1ccc(C)cc1. The van der Waals surface area contributed by atoms with Gasteiger partial charge >= 0.3 is 6.03 Å². The molecule has 0 atom stereocenters. The lowest BCUT2D eigenvalue weighted by Crippen LogP contribution is -2.54. The fraction of sp³-hybridized carbons (Fsp3) is 0.143. The number of barbiturate groups is 1. The quantitative estimate of drug-likeness (QED) is 0.309. The molecule has 194 valence electrons. The van der Waals surface area contributed by atoms with Gasteiger partial charge in [-0.05, 0) is 61.9 Å². The molecule has 1 fully saturated rings. The number of aryl methyl sites for hydroxylation is 2. The smallest absolute Gasteiger partial charge is 0.335 e. The molecule has 0 radical (unpaired) electrons. The van der Waals surface area contributed by atoms with Crippen LogP contribution in [0.2, 0.25) is 0 Å². The predicted molar refractivity (Wildman–Crippen MR) is 146 cm³/mol. The van der Waals surface area contributed by atoms with Crippen molar-refractivity contribution in [3.05, 3.63) is 87.4 Å². The summed E-state index contributed by atoms with van der Waals surface area (Å²) in [5, 5.41) is 4.95. The Kier molecular flexibility index (Phi) is 7.92. The van der Waals surface area contributed by atoms with Crippen LogP contribution in [0.25, 0.3) is 6.08 Å². The Morgan fingerprint density at radius 3 is 2.24 bits per heavy atom. The molecule has 3 aromatic rings. The van der Waals surface area contributed by atoms with E-state index >= 15 is 0 Å². The normalized spacial score (nSPS) is 14.4. The van der Waals surface area contributed by atoms with Crippen LogP contribution in [0.15, 0.2) is 70.7 Å². The lowest BCUT2D eigenvalue weighted by Gasteiger charge is -2.26. The lowest BCUT2D eigenvalue weighted by molar-refractivity contribution is -0.122. The number of anilines is 2. The molecule has 0 aliphatic carbocycles. The van der Waals surface area contributed by atoms with Crippen LogP contribution in [0, 0.1) is 13.8 Å². The summed E-state index contributed by atoms with van der Waals surface area (Å²) in [5.41, 5.74) is 3.20. The highest BCUT2D eigenvalue weighted by Crippen LogP contribution is 2.35. The number of nitrogens with zero attached hydrogens (tertiary/aromatic N) is 1. The van der Waals surface area contributed by atoms with Crippen molar-refractivity contribution in [3.63, 3.8) is 0 Å². The Morgan fingerprint density at radius 1 is 0.974 bits per heavy atom. The molecule has 4 rings (SSSR count). The van der Waals surface area contributed by atoms with Gasteiger partial charge in [0.05, 0.1) is 12.8 Å². The number of carbonyl (C=O) groups excluding carboxylic acids is 4. The van der Waals surface area contributed by atoms with Gasteiger partial charge in [0, 0.05) is 10.2 Å². The Bertz CT molecular complexity index is 1450. The second-order valence-corrected chi connectivity index (χ2v) is 9.38. The van der Waals surface area contributed by atoms with E-state index in [1.54, 1.807) is 48.5 Å². The number of amides is 5. The van der Waals surface area contributed by atoms with Crippen molar-refractivity contribution in [2.24, 2.45) is 0 Å². The minimum absolute atomic E-state index is 0.237. The molecule has 38 heavy (non-hydrogen) atoms. The largest absolute Gasteiger partial charge is 0.493 e. The highest BCUT2D eigenvalue weighted by molar-refractivity contribution is 9.10. The van der Waals surface area contributed by atoms with Crippen molar-refractivity contribution in [2.45, 2.75) is 13.8 Å². The summed E-state index contributed by atoms with van der Waals surface area (Å²) in [7, 11) is 1.43. The molecule has 1 aliphatic heterocycles. The fourth-order valence-electron chi connectivity index (χ4n) is 3.65. The van der Waals surface area contributed by atoms with Crippen molar-refractivity contribution < 1.29 is 28.7 Å². The van der Waals surface area contributed by atoms with Gasteiger partial charge in [0.1, 0.15) is 5.57 Å². The molecular formula is C28H24BrN3O6. The topological polar surface area (TPSA) is 114 Å². The van der Waals surface area contributed by atoms with E-state index in [9.17, 15) is 19.2 Å². The van der Waals surface area contributed by atoms with Gasteiger partial charge in [0.2, 0.25) is 0 Å². The van der Waals surface area contributed by atoms with E-state index < -0.39 is 17.8 Å². The van der Waals surface area contributed by atoms with Gasteiger partial charge < -0.3 is 14.8 Å². The minimum Gasteiger partial charge on any atom is -0.493 e. The summed E-state index contributed by atoms with van der Waals surface area (Å²) < 4.78 is 11.5. The maximum atomic E-state index is 13.2. The summed E-state index contributed by atoms with van der Waals surface area (Å²) in [6, 6.07) is 16.4. The number of nitrogens with one attached hydrogen (secondary N) is 2. The number of imide groups is 2. The molecular weight excluding hydrogens is 554 g/mol. The van der Waals surface area contributed by atoms with Gasteiger partial charge in [0.25, 0.3) is 17.7 Å². The second kappa shape index (κ2) is 11.3. The number of benzene rings is 3. The maximum absolute atomic E-state index is 13.2. The van der Waals surface area contributed by atoms with E-state index in [0.717, 1.165) is 16.0 Å². The Labute approximate surface area is 227 Å². The van der Waals surface area contributed by atoms with Crippen LogP contribution in [0.3, 0.4) is 0 Å². The molecule has 2 N–H and O–H groups in total. The van der Waals surface area contributed by atoms with Crippen LogP contribution in [0.1, 0.15) is 16.7 Å². The van der Waals surface area contributed by atoms with Gasteiger partial charge in [0.15, 0.2) is 18.1 Å². The number of rotatable bonds is 7. The number of hydrogen-bond acceptors (Lipinski definition) is 6. The zero-order valence-corrected chi connectivity index (χ0v) is 22.4. The monoisotopic (exact) mass is 577 g/mol. The summed E-state index contributed by atoms with van der Waals surface area (Å²) in [4.78, 5) is 51.4. The van der Waals surface area contributed by atoms with Crippen LogP contribution in [0.4, 0.5) is 16.2 Å². The van der Waals surface area contributed by atoms with Gasteiger partial charge in [-0.15, -0.1) is 0 Å². The standard InChI is InChI=1S/C28H24BrN3O6/c1-16-4-8-19(9-5-16)30-25(33)15-38-24-14-22(29)18(13-23(24)37-3)12-21-26(34)31-28(36)32(27(21)35)20-10-6-17(2)7-11-20/h4-14H,15H2,1-3H3,(H,30,33)(H,31,34,36)/b21-12+. The molecule has 10 heteroatoms. The van der Waals surface area contributed by atoms with E-state index in [0.29, 0.717) is 21.4 Å². The third-order valence-corrected chi connectivity index (χ3v) is 6.36. The molecule has 1 heterocycles. The second-order valence-electron chi connectivity index (χ2n) is 8.52. The first-order valence-corrected chi connectivity index (χ1v) is 12.3. The van der Waals surface area contributed by atoms with Crippen LogP contribution < -0.4 is 25.0 Å². The number of urea groups is 1. The number of carbonyl (C=O) groups is 4. The molecule has 1 aliphatic rings. The minimum atomic E-state index is -0.828. The average Bonchev–Trinajstić information content (AvgIpc) is 2.88. The molecule has 0 bridgehead atoms. The predicted octanol–water partition coefficient (Wildman–Crippen LogP) is 4.76. The number of halogens is 1. The summed E-state index contributed by atoms with van der Waals surface area (Å²) >= 11 is 3.42. The van der Waals surface area contributed by atoms with Crippen molar-refractivity contribution >= 4 is 57.1 Å². The summed E-state index contributed by atoms with van der Waals surface area (Å²) in [6.07, 6.45) is 1.35. The van der Waals surface area contributed by atoms with E-state index in [4.69, 9.17) is 9.47 Å². The highest BCUT2D eigenvalue weighted by atomic mass is 79.9. The molecule has 0 saturated carbocycles. The number of methoxy groups -OCH3 is 1. The van der Waals surface area contributed by atoms with E-state index in [2.05, 4.69) is 26.6 Å². The fourth-order valence-corrected chi connectivity index (χ4v) is 4.09. The third kappa shape index (κ3) is 5.92. The summed E-state index contributed by atoms with van der Waals surface area (Å²) in [6.45, 7) is 3.56. The van der Waals surface area contributed by atoms with Gasteiger partial charge in [-0.2, -0.15) is 0 Å². The van der Waals surface area contributed by atoms with Crippen LogP contribution >= 0.6 is 15.9 Å². The lowest BCUT2D eigenvalue weighted by atomic mass is 10.1. The molecule has 3 aromatic carbocycles. The Morgan fingerprint density at radius 2 is 1.61 bits per heavy atom. The third-order valence-electron chi connectivity index (χ3n) is 5.67. The van der Waals surface area contributed by atoms with Crippen molar-refractivity contribution in [1.82, 2.24) is 5.32 Å². The van der Waals surface area contributed by atoms with Crippen LogP contribution in [-0.2, 0) is 14.4 Å². The van der Waals surface area contributed by atoms with Gasteiger partial charge in [-0.25, -0.2) is 9.69 Å². The Hall–Kier alpha value is -4.44. The highest BCUT2D eigenvalue weighted by Gasteiger charge is 2.37. The van der Waals surface area contributed by atoms with Gasteiger partial charge in [-0.1, -0.05) is 51.3 Å². The molecule has 0 unspecified atom stereocenters. The van der Waals surface area contributed by atoms with E-state index in [-0.39, 0.29) is 29.6 Å². The van der Waals surface area contributed by atoms with E-state index in [1.807, 2.05) is 26.0 Å². The number of hydrogen-bond donors (Lipinski definition) is 2. The maximum Gasteiger partial charge on any atom is 0.335 e. The molecule has 5 amide bonds. The number of ether oxygens (including phenoxy) is 2. The zero-order chi connectivity index (χ0) is 27.4. The Balaban J connectivity index is 1.55. The summed E-state index contributed by atoms with van der Waals surface area (Å²) in [5.74, 6) is -1.39. The molecule has 0 spiro atoms. The van der Waals surface area contributed by atoms with Crippen molar-refractivity contribution in [1.29, 1.82) is 0 Å². The molecule has 9 nitrogen and oxygen atoms in total.